The molecular weight excluding hydrogens is 414 g/mol. The minimum absolute atomic E-state index is 0.0805. The molecule has 178 valence electrons. The van der Waals surface area contributed by atoms with E-state index in [2.05, 4.69) is 15.3 Å². The molecule has 3 heterocycles. The Hall–Kier alpha value is -1.75. The lowest BCUT2D eigenvalue weighted by Gasteiger charge is -2.39. The summed E-state index contributed by atoms with van der Waals surface area (Å²) in [5.41, 5.74) is 0. The number of aliphatic imine (C=N–C) groups is 2. The van der Waals surface area contributed by atoms with Crippen molar-refractivity contribution in [2.45, 2.75) is 88.1 Å². The second kappa shape index (κ2) is 9.24. The molecule has 0 radical (unpaired) electrons. The highest BCUT2D eigenvalue weighted by Crippen LogP contribution is 2.43. The van der Waals surface area contributed by atoms with Gasteiger partial charge in [0.25, 0.3) is 6.02 Å². The standard InChI is InChI=1S/C22H35N5O5/c23-19-16-20(27(11-24-16)21-18(30)17(29)15(10-28)32-21)26-22(25-19)31-8-7-12-5-6-13-3-1-2-4-14(13)9-12/h11-18,20-21,28-30H,1-10H2,(H2,23,25,26)/t12?,13?,14?,15?,16?,17-,18-,20?,21?/m1/s1. The van der Waals surface area contributed by atoms with E-state index < -0.39 is 43.4 Å². The van der Waals surface area contributed by atoms with Gasteiger partial charge >= 0.3 is 0 Å². The molecule has 7 unspecified atom stereocenters. The van der Waals surface area contributed by atoms with E-state index in [-0.39, 0.29) is 11.9 Å². The molecule has 3 aliphatic heterocycles. The molecular formula is C22H35N5O5. The second-order valence-corrected chi connectivity index (χ2v) is 9.90. The van der Waals surface area contributed by atoms with Gasteiger partial charge in [0.15, 0.2) is 12.1 Å². The third kappa shape index (κ3) is 4.13. The van der Waals surface area contributed by atoms with Gasteiger partial charge in [0.2, 0.25) is 0 Å². The Morgan fingerprint density at radius 3 is 2.75 bits per heavy atom. The number of ether oxygens (including phenoxy) is 2. The highest BCUT2D eigenvalue weighted by atomic mass is 16.6. The first-order chi connectivity index (χ1) is 15.5. The Morgan fingerprint density at radius 1 is 1.16 bits per heavy atom. The van der Waals surface area contributed by atoms with Gasteiger partial charge in [-0.1, -0.05) is 32.1 Å². The first kappa shape index (κ1) is 22.1. The van der Waals surface area contributed by atoms with Crippen molar-refractivity contribution in [3.8, 4) is 0 Å². The van der Waals surface area contributed by atoms with Gasteiger partial charge in [0, 0.05) is 0 Å². The predicted octanol–water partition coefficient (Wildman–Crippen LogP) is 0.414. The quantitative estimate of drug-likeness (QED) is 0.409. The third-order valence-corrected chi connectivity index (χ3v) is 7.98. The molecule has 0 spiro atoms. The summed E-state index contributed by atoms with van der Waals surface area (Å²) < 4.78 is 11.6. The van der Waals surface area contributed by atoms with Crippen LogP contribution < -0.4 is 5.32 Å². The van der Waals surface area contributed by atoms with Gasteiger partial charge in [-0.05, 0) is 37.0 Å². The van der Waals surface area contributed by atoms with Crippen LogP contribution in [0.25, 0.3) is 0 Å². The number of hydrogen-bond donors (Lipinski definition) is 5. The number of nitrogens with one attached hydrogen (secondary N) is 2. The van der Waals surface area contributed by atoms with Crippen LogP contribution in [0.2, 0.25) is 0 Å². The van der Waals surface area contributed by atoms with Crippen molar-refractivity contribution in [1.29, 1.82) is 5.41 Å². The van der Waals surface area contributed by atoms with E-state index in [1.165, 1.54) is 51.3 Å². The lowest BCUT2D eigenvalue weighted by molar-refractivity contribution is -0.0809. The zero-order chi connectivity index (χ0) is 22.2. The number of aliphatic hydroxyl groups excluding tert-OH is 3. The van der Waals surface area contributed by atoms with E-state index >= 15 is 0 Å². The maximum absolute atomic E-state index is 10.4. The lowest BCUT2D eigenvalue weighted by Crippen LogP contribution is -2.60. The van der Waals surface area contributed by atoms with Gasteiger partial charge < -0.3 is 35.0 Å². The number of fused-ring (bicyclic) bond motifs is 2. The largest absolute Gasteiger partial charge is 0.465 e. The summed E-state index contributed by atoms with van der Waals surface area (Å²) in [5.74, 6) is 2.60. The first-order valence-corrected chi connectivity index (χ1v) is 12.0. The summed E-state index contributed by atoms with van der Waals surface area (Å²) in [6.45, 7) is 0.156. The van der Waals surface area contributed by atoms with E-state index in [1.807, 2.05) is 0 Å². The van der Waals surface area contributed by atoms with Gasteiger partial charge in [-0.3, -0.25) is 10.4 Å². The summed E-state index contributed by atoms with van der Waals surface area (Å²) in [6, 6.07) is -0.269. The Morgan fingerprint density at radius 2 is 1.97 bits per heavy atom. The molecule has 1 saturated heterocycles. The van der Waals surface area contributed by atoms with Crippen LogP contribution in [-0.4, -0.2) is 88.4 Å². The van der Waals surface area contributed by atoms with E-state index in [0.717, 1.165) is 18.3 Å². The normalized spacial score (nSPS) is 43.5. The minimum atomic E-state index is -1.20. The maximum Gasteiger partial charge on any atom is 0.292 e. The van der Waals surface area contributed by atoms with Crippen LogP contribution in [0.3, 0.4) is 0 Å². The Kier molecular flexibility index (Phi) is 6.37. The highest BCUT2D eigenvalue weighted by Gasteiger charge is 2.50. The fraction of sp³-hybridized carbons (Fsp3) is 0.864. The molecule has 0 aromatic carbocycles. The maximum atomic E-state index is 10.4. The average Bonchev–Trinajstić information content (AvgIpc) is 3.35. The highest BCUT2D eigenvalue weighted by molar-refractivity contribution is 6.00. The van der Waals surface area contributed by atoms with Gasteiger partial charge in [-0.15, -0.1) is 0 Å². The number of rotatable bonds is 5. The average molecular weight is 450 g/mol. The smallest absolute Gasteiger partial charge is 0.292 e. The molecule has 0 aromatic heterocycles. The molecule has 10 heteroatoms. The van der Waals surface area contributed by atoms with Gasteiger partial charge in [0.05, 0.1) is 19.6 Å². The van der Waals surface area contributed by atoms with Crippen molar-refractivity contribution in [2.24, 2.45) is 27.7 Å². The van der Waals surface area contributed by atoms with E-state index in [4.69, 9.17) is 14.9 Å². The predicted molar refractivity (Wildman–Crippen MR) is 117 cm³/mol. The monoisotopic (exact) mass is 449 g/mol. The summed E-state index contributed by atoms with van der Waals surface area (Å²) in [6.07, 6.45) is 7.34. The Bertz CT molecular complexity index is 763. The van der Waals surface area contributed by atoms with Crippen LogP contribution in [-0.2, 0) is 9.47 Å². The van der Waals surface area contributed by atoms with Gasteiger partial charge in [-0.25, -0.2) is 0 Å². The molecule has 9 atom stereocenters. The zero-order valence-electron chi connectivity index (χ0n) is 18.3. The Balaban J connectivity index is 1.15. The van der Waals surface area contributed by atoms with E-state index in [9.17, 15) is 15.3 Å². The fourth-order valence-corrected chi connectivity index (χ4v) is 6.15. The molecule has 2 saturated carbocycles. The van der Waals surface area contributed by atoms with Gasteiger partial charge in [0.1, 0.15) is 30.5 Å². The van der Waals surface area contributed by atoms with Crippen LogP contribution in [0.4, 0.5) is 0 Å². The summed E-state index contributed by atoms with van der Waals surface area (Å²) in [4.78, 5) is 10.2. The van der Waals surface area contributed by atoms with Crippen LogP contribution in [0, 0.1) is 23.2 Å². The zero-order valence-corrected chi connectivity index (χ0v) is 18.3. The molecule has 0 amide bonds. The summed E-state index contributed by atoms with van der Waals surface area (Å²) in [5, 5.41) is 41.3. The van der Waals surface area contributed by atoms with Crippen LogP contribution in [0.5, 0.6) is 0 Å². The number of nitrogens with zero attached hydrogens (tertiary/aromatic N) is 3. The van der Waals surface area contributed by atoms with E-state index in [1.54, 1.807) is 4.90 Å². The molecule has 32 heavy (non-hydrogen) atoms. The SMILES string of the molecule is N=C1N=C(OCCC2CCC3CCCCC3C2)NC2C1N=CN2C1OC(CO)[C@@H](O)[C@H]1O. The molecule has 5 rings (SSSR count). The molecule has 5 aliphatic rings. The van der Waals surface area contributed by atoms with Crippen molar-refractivity contribution in [1.82, 2.24) is 10.2 Å². The minimum Gasteiger partial charge on any atom is -0.465 e. The first-order valence-electron chi connectivity index (χ1n) is 12.0. The van der Waals surface area contributed by atoms with Gasteiger partial charge in [-0.2, -0.15) is 4.99 Å². The van der Waals surface area contributed by atoms with Crippen LogP contribution >= 0.6 is 0 Å². The number of aliphatic hydroxyl groups is 3. The topological polar surface area (TPSA) is 143 Å². The molecule has 2 aliphatic carbocycles. The number of hydrogen-bond acceptors (Lipinski definition) is 9. The second-order valence-electron chi connectivity index (χ2n) is 9.90. The van der Waals surface area contributed by atoms with Crippen molar-refractivity contribution in [2.75, 3.05) is 13.2 Å². The van der Waals surface area contributed by atoms with Crippen molar-refractivity contribution in [3.63, 3.8) is 0 Å². The molecule has 10 nitrogen and oxygen atoms in total. The molecule has 0 aromatic rings. The van der Waals surface area contributed by atoms with Crippen molar-refractivity contribution in [3.05, 3.63) is 0 Å². The Labute approximate surface area is 188 Å². The van der Waals surface area contributed by atoms with Crippen molar-refractivity contribution < 1.29 is 24.8 Å². The van der Waals surface area contributed by atoms with E-state index in [0.29, 0.717) is 12.5 Å². The third-order valence-electron chi connectivity index (χ3n) is 7.98. The number of amidine groups is 2. The molecule has 3 fully saturated rings. The molecule has 0 bridgehead atoms. The fourth-order valence-electron chi connectivity index (χ4n) is 6.15. The van der Waals surface area contributed by atoms with Crippen LogP contribution in [0.15, 0.2) is 9.98 Å². The van der Waals surface area contributed by atoms with Crippen LogP contribution in [0.1, 0.15) is 51.4 Å². The van der Waals surface area contributed by atoms with Crippen molar-refractivity contribution >= 4 is 18.2 Å². The molecule has 5 N–H and O–H groups in total. The summed E-state index contributed by atoms with van der Waals surface area (Å²) in [7, 11) is 0. The summed E-state index contributed by atoms with van der Waals surface area (Å²) >= 11 is 0. The lowest BCUT2D eigenvalue weighted by atomic mass is 9.67.